The molecule has 0 aromatic heterocycles. The molecule has 7 heteroatoms. The van der Waals surface area contributed by atoms with Crippen molar-refractivity contribution in [2.45, 2.75) is 44.6 Å². The van der Waals surface area contributed by atoms with E-state index in [0.717, 1.165) is 28.5 Å². The fraction of sp³-hybridized carbons (Fsp3) is 0.268. The van der Waals surface area contributed by atoms with E-state index in [-0.39, 0.29) is 17.4 Å². The molecule has 4 aliphatic carbocycles. The first-order valence-corrected chi connectivity index (χ1v) is 17.2. The number of benzene rings is 4. The Morgan fingerprint density at radius 1 is 0.875 bits per heavy atom. The first-order valence-electron chi connectivity index (χ1n) is 16.8. The maximum Gasteiger partial charge on any atom is 0.266 e. The van der Waals surface area contributed by atoms with Crippen LogP contribution in [0.15, 0.2) is 125 Å². The summed E-state index contributed by atoms with van der Waals surface area (Å²) < 4.78 is 21.2. The van der Waals surface area contributed by atoms with Crippen LogP contribution in [0.2, 0.25) is 5.02 Å². The molecule has 4 saturated carbocycles. The number of rotatable bonds is 7. The highest BCUT2D eigenvalue weighted by atomic mass is 35.5. The molecule has 4 bridgehead atoms. The maximum atomic E-state index is 14.8. The molecule has 5 aliphatic rings. The number of ether oxygens (including phenoxy) is 1. The van der Waals surface area contributed by atoms with E-state index in [1.54, 1.807) is 12.1 Å². The number of aliphatic imine (C=N–C) groups is 1. The third kappa shape index (κ3) is 5.94. The Kier molecular flexibility index (Phi) is 8.13. The Balaban J connectivity index is 1.36. The quantitative estimate of drug-likeness (QED) is 0.215. The fourth-order valence-corrected chi connectivity index (χ4v) is 8.72. The summed E-state index contributed by atoms with van der Waals surface area (Å²) in [7, 11) is 0. The largest absolute Gasteiger partial charge is 0.507 e. The van der Waals surface area contributed by atoms with Crippen molar-refractivity contribution in [2.75, 3.05) is 4.90 Å². The predicted molar refractivity (Wildman–Crippen MR) is 187 cm³/mol. The number of phenols is 1. The third-order valence-electron chi connectivity index (χ3n) is 10.5. The van der Waals surface area contributed by atoms with Gasteiger partial charge in [0.1, 0.15) is 23.0 Å². The molecule has 4 aromatic carbocycles. The van der Waals surface area contributed by atoms with Gasteiger partial charge >= 0.3 is 0 Å². The number of halogens is 2. The second-order valence-electron chi connectivity index (χ2n) is 13.6. The van der Waals surface area contributed by atoms with Gasteiger partial charge in [0.05, 0.1) is 11.6 Å². The lowest BCUT2D eigenvalue weighted by molar-refractivity contribution is 0.000720. The Morgan fingerprint density at radius 2 is 1.52 bits per heavy atom. The van der Waals surface area contributed by atoms with Crippen molar-refractivity contribution in [1.29, 1.82) is 0 Å². The van der Waals surface area contributed by atoms with E-state index in [4.69, 9.17) is 21.3 Å². The number of allylic oxidation sites excluding steroid dienone is 1. The summed E-state index contributed by atoms with van der Waals surface area (Å²) in [6.07, 6.45) is 8.47. The van der Waals surface area contributed by atoms with Crippen molar-refractivity contribution in [3.05, 3.63) is 148 Å². The van der Waals surface area contributed by atoms with Crippen molar-refractivity contribution in [1.82, 2.24) is 0 Å². The first-order chi connectivity index (χ1) is 23.4. The summed E-state index contributed by atoms with van der Waals surface area (Å²) in [5.74, 6) is 2.31. The number of carbonyl (C=O) groups excluding carboxylic acids is 1. The van der Waals surface area contributed by atoms with E-state index in [1.807, 2.05) is 66.7 Å². The number of carbonyl (C=O) groups is 1. The summed E-state index contributed by atoms with van der Waals surface area (Å²) >= 11 is 6.37. The van der Waals surface area contributed by atoms with Crippen molar-refractivity contribution in [3.8, 4) is 5.75 Å². The number of amides is 1. The van der Waals surface area contributed by atoms with Gasteiger partial charge in [0, 0.05) is 22.7 Å². The van der Waals surface area contributed by atoms with Gasteiger partial charge in [-0.1, -0.05) is 72.3 Å². The monoisotopic (exact) mass is 658 g/mol. The maximum absolute atomic E-state index is 14.8. The van der Waals surface area contributed by atoms with Gasteiger partial charge in [-0.05, 0) is 115 Å². The lowest BCUT2D eigenvalue weighted by atomic mass is 9.54. The van der Waals surface area contributed by atoms with Crippen LogP contribution < -0.4 is 4.90 Å². The van der Waals surface area contributed by atoms with Crippen LogP contribution in [0.5, 0.6) is 5.75 Å². The molecule has 0 saturated heterocycles. The number of nitrogens with zero attached hydrogens (tertiary/aromatic N) is 2. The zero-order valence-corrected chi connectivity index (χ0v) is 27.2. The van der Waals surface area contributed by atoms with Gasteiger partial charge in [0.15, 0.2) is 0 Å². The Hall–Kier alpha value is -4.68. The molecular weight excluding hydrogens is 623 g/mol. The van der Waals surface area contributed by atoms with Crippen LogP contribution in [-0.4, -0.2) is 23.0 Å². The number of aromatic hydroxyl groups is 1. The van der Waals surface area contributed by atoms with Crippen LogP contribution in [0.3, 0.4) is 0 Å². The molecule has 0 atom stereocenters. The average molecular weight is 659 g/mol. The van der Waals surface area contributed by atoms with Crippen molar-refractivity contribution in [3.63, 3.8) is 0 Å². The van der Waals surface area contributed by atoms with Gasteiger partial charge in [-0.3, -0.25) is 9.69 Å². The first kappa shape index (κ1) is 30.6. The van der Waals surface area contributed by atoms with Gasteiger partial charge < -0.3 is 9.84 Å². The van der Waals surface area contributed by atoms with E-state index in [1.165, 1.54) is 67.3 Å². The van der Waals surface area contributed by atoms with Gasteiger partial charge in [-0.25, -0.2) is 9.38 Å². The molecule has 4 aromatic rings. The number of anilines is 1. The van der Waals surface area contributed by atoms with Crippen molar-refractivity contribution in [2.24, 2.45) is 28.7 Å². The molecule has 4 fully saturated rings. The molecule has 1 heterocycles. The lowest BCUT2D eigenvalue weighted by Crippen LogP contribution is -2.48. The van der Waals surface area contributed by atoms with Crippen LogP contribution in [0.25, 0.3) is 6.08 Å². The molecule has 5 nitrogen and oxygen atoms in total. The normalized spacial score (nSPS) is 25.9. The minimum atomic E-state index is -0.524. The van der Waals surface area contributed by atoms with E-state index in [9.17, 15) is 14.3 Å². The minimum Gasteiger partial charge on any atom is -0.507 e. The van der Waals surface area contributed by atoms with Crippen LogP contribution in [0.4, 0.5) is 10.1 Å². The Morgan fingerprint density at radius 3 is 2.19 bits per heavy atom. The van der Waals surface area contributed by atoms with Gasteiger partial charge in [-0.2, -0.15) is 0 Å². The average Bonchev–Trinajstić information content (AvgIpc) is 3.40. The summed E-state index contributed by atoms with van der Waals surface area (Å²) in [6.45, 7) is 0. The number of phenolic OH excluding ortho intramolecular Hbond substituents is 1. The Labute approximate surface area is 285 Å². The number of hydrogen-bond donors (Lipinski definition) is 1. The fourth-order valence-electron chi connectivity index (χ4n) is 8.55. The van der Waals surface area contributed by atoms with E-state index < -0.39 is 11.7 Å². The Bertz CT molecular complexity index is 1910. The standard InChI is InChI=1S/C41H36ClFN2O3/c42-31-11-16-36(46)34(24-31)41(47)45(33-14-12-32(43)13-15-33)39-35(22-25-7-3-1-4-8-25)37(23-26-9-5-2-6-10-26)48-40(39)44-38-29-18-27-17-28(20-29)21-30(38)19-27/h1-16,23-24,27-30,38,46H,17-22H2/b37-23-,44-40?. The molecule has 0 unspecified atom stereocenters. The van der Waals surface area contributed by atoms with Crippen LogP contribution in [-0.2, 0) is 11.2 Å². The second-order valence-corrected chi connectivity index (χ2v) is 14.1. The molecule has 0 radical (unpaired) electrons. The molecule has 242 valence electrons. The smallest absolute Gasteiger partial charge is 0.266 e. The predicted octanol–water partition coefficient (Wildman–Crippen LogP) is 9.62. The SMILES string of the molecule is O=C(c1cc(Cl)ccc1O)N(C1=C(Cc2ccccc2)/C(=C/c2ccccc2)OC1=NC1C2CC3CC(C2)CC1C3)c1ccc(F)cc1. The summed E-state index contributed by atoms with van der Waals surface area (Å²) in [6, 6.07) is 30.3. The van der Waals surface area contributed by atoms with Crippen molar-refractivity contribution < 1.29 is 19.0 Å². The molecule has 48 heavy (non-hydrogen) atoms. The van der Waals surface area contributed by atoms with Crippen LogP contribution in [0, 0.1) is 29.5 Å². The van der Waals surface area contributed by atoms with Gasteiger partial charge in [0.2, 0.25) is 5.90 Å². The summed E-state index contributed by atoms with van der Waals surface area (Å²) in [5, 5.41) is 11.3. The zero-order valence-electron chi connectivity index (χ0n) is 26.4. The highest BCUT2D eigenvalue weighted by Crippen LogP contribution is 2.55. The molecule has 1 amide bonds. The van der Waals surface area contributed by atoms with Crippen LogP contribution >= 0.6 is 11.6 Å². The third-order valence-corrected chi connectivity index (χ3v) is 10.7. The van der Waals surface area contributed by atoms with Gasteiger partial charge in [0.25, 0.3) is 5.91 Å². The lowest BCUT2D eigenvalue weighted by Gasteiger charge is -2.53. The highest BCUT2D eigenvalue weighted by Gasteiger charge is 2.49. The molecule has 0 spiro atoms. The minimum absolute atomic E-state index is 0.0212. The summed E-state index contributed by atoms with van der Waals surface area (Å²) in [4.78, 5) is 21.8. The zero-order chi connectivity index (χ0) is 32.8. The topological polar surface area (TPSA) is 62.1 Å². The summed E-state index contributed by atoms with van der Waals surface area (Å²) in [5.41, 5.74) is 3.68. The van der Waals surface area contributed by atoms with E-state index in [2.05, 4.69) is 0 Å². The molecule has 1 aliphatic heterocycles. The van der Waals surface area contributed by atoms with E-state index >= 15 is 0 Å². The number of hydrogen-bond acceptors (Lipinski definition) is 4. The molecule has 1 N–H and O–H groups in total. The van der Waals surface area contributed by atoms with Gasteiger partial charge in [-0.15, -0.1) is 0 Å². The second kappa shape index (κ2) is 12.7. The van der Waals surface area contributed by atoms with E-state index in [0.29, 0.717) is 46.3 Å². The van der Waals surface area contributed by atoms with Crippen molar-refractivity contribution >= 4 is 35.2 Å². The molecule has 9 rings (SSSR count). The molecular formula is C41H36ClFN2O3. The highest BCUT2D eigenvalue weighted by molar-refractivity contribution is 6.31. The van der Waals surface area contributed by atoms with Crippen LogP contribution in [0.1, 0.15) is 53.6 Å².